The first kappa shape index (κ1) is 12.3. The molecule has 2 aliphatic rings. The third-order valence-electron chi connectivity index (χ3n) is 3.73. The summed E-state index contributed by atoms with van der Waals surface area (Å²) in [6.07, 6.45) is 1.92. The second kappa shape index (κ2) is 4.75. The predicted octanol–water partition coefficient (Wildman–Crippen LogP) is 1.31. The van der Waals surface area contributed by atoms with Crippen LogP contribution in [-0.2, 0) is 4.74 Å². The summed E-state index contributed by atoms with van der Waals surface area (Å²) in [4.78, 5) is 24.7. The van der Waals surface area contributed by atoms with Crippen LogP contribution in [0.25, 0.3) is 0 Å². The second-order valence-electron chi connectivity index (χ2n) is 4.88. The summed E-state index contributed by atoms with van der Waals surface area (Å²) >= 11 is 0. The molecule has 1 saturated heterocycles. The number of amides is 2. The number of nitrogens with zero attached hydrogens (tertiary/aromatic N) is 2. The molecule has 0 radical (unpaired) electrons. The van der Waals surface area contributed by atoms with Crippen molar-refractivity contribution in [2.75, 3.05) is 20.3 Å². The van der Waals surface area contributed by atoms with Gasteiger partial charge in [-0.1, -0.05) is 12.1 Å². The third kappa shape index (κ3) is 1.86. The van der Waals surface area contributed by atoms with Gasteiger partial charge in [0.05, 0.1) is 23.8 Å². The predicted molar refractivity (Wildman–Crippen MR) is 68.5 cm³/mol. The standard InChI is InChI=1S/C14H16N2O3/c1-19-9-10-5-4-8-15(10)16-13(17)11-6-2-3-7-12(11)14(16)18/h2-3,6-7,10H,4-5,8-9H2,1H3/t10-/m0/s1. The maximum absolute atomic E-state index is 12.4. The van der Waals surface area contributed by atoms with E-state index in [9.17, 15) is 9.59 Å². The minimum Gasteiger partial charge on any atom is -0.383 e. The summed E-state index contributed by atoms with van der Waals surface area (Å²) in [6, 6.07) is 7.08. The molecule has 100 valence electrons. The fourth-order valence-corrected chi connectivity index (χ4v) is 2.86. The molecule has 0 unspecified atom stereocenters. The molecule has 0 aliphatic carbocycles. The highest BCUT2D eigenvalue weighted by atomic mass is 16.5. The van der Waals surface area contributed by atoms with Gasteiger partial charge in [-0.15, -0.1) is 0 Å². The van der Waals surface area contributed by atoms with Gasteiger partial charge >= 0.3 is 0 Å². The number of carbonyl (C=O) groups is 2. The third-order valence-corrected chi connectivity index (χ3v) is 3.73. The van der Waals surface area contributed by atoms with Gasteiger partial charge in [0.25, 0.3) is 11.8 Å². The fraction of sp³-hybridized carbons (Fsp3) is 0.429. The SMILES string of the molecule is COC[C@@H]1CCCN1N1C(=O)c2ccccc2C1=O. The Morgan fingerprint density at radius 2 is 1.84 bits per heavy atom. The van der Waals surface area contributed by atoms with Crippen molar-refractivity contribution in [1.29, 1.82) is 0 Å². The van der Waals surface area contributed by atoms with Crippen LogP contribution in [0.5, 0.6) is 0 Å². The number of hydrogen-bond acceptors (Lipinski definition) is 4. The molecular formula is C14H16N2O3. The zero-order valence-electron chi connectivity index (χ0n) is 10.8. The van der Waals surface area contributed by atoms with Crippen molar-refractivity contribution in [2.24, 2.45) is 0 Å². The highest BCUT2D eigenvalue weighted by Crippen LogP contribution is 2.29. The molecule has 3 rings (SSSR count). The summed E-state index contributed by atoms with van der Waals surface area (Å²) in [7, 11) is 1.64. The molecule has 0 N–H and O–H groups in total. The number of methoxy groups -OCH3 is 1. The summed E-state index contributed by atoms with van der Waals surface area (Å²) < 4.78 is 5.17. The molecule has 1 aromatic carbocycles. The molecule has 5 heteroatoms. The van der Waals surface area contributed by atoms with Crippen molar-refractivity contribution < 1.29 is 14.3 Å². The minimum absolute atomic E-state index is 0.104. The van der Waals surface area contributed by atoms with Crippen molar-refractivity contribution in [3.63, 3.8) is 0 Å². The molecule has 1 atom stereocenters. The van der Waals surface area contributed by atoms with Crippen molar-refractivity contribution in [3.05, 3.63) is 35.4 Å². The number of hydrogen-bond donors (Lipinski definition) is 0. The van der Waals surface area contributed by atoms with E-state index in [0.29, 0.717) is 17.7 Å². The van der Waals surface area contributed by atoms with E-state index in [1.165, 1.54) is 5.01 Å². The molecule has 2 amide bonds. The zero-order valence-corrected chi connectivity index (χ0v) is 10.8. The van der Waals surface area contributed by atoms with Crippen molar-refractivity contribution >= 4 is 11.8 Å². The molecule has 0 saturated carbocycles. The van der Waals surface area contributed by atoms with Crippen LogP contribution in [0.4, 0.5) is 0 Å². The van der Waals surface area contributed by atoms with Crippen molar-refractivity contribution in [3.8, 4) is 0 Å². The van der Waals surface area contributed by atoms with Gasteiger partial charge in [0, 0.05) is 13.7 Å². The lowest BCUT2D eigenvalue weighted by Crippen LogP contribution is -2.50. The Bertz CT molecular complexity index is 494. The number of imide groups is 1. The van der Waals surface area contributed by atoms with Gasteiger partial charge in [-0.25, -0.2) is 10.0 Å². The lowest BCUT2D eigenvalue weighted by Gasteiger charge is -2.30. The van der Waals surface area contributed by atoms with Gasteiger partial charge in [-0.05, 0) is 25.0 Å². The van der Waals surface area contributed by atoms with Gasteiger partial charge in [0.2, 0.25) is 0 Å². The Hall–Kier alpha value is -1.72. The second-order valence-corrected chi connectivity index (χ2v) is 4.88. The molecule has 1 fully saturated rings. The molecule has 2 heterocycles. The van der Waals surface area contributed by atoms with Crippen molar-refractivity contribution in [1.82, 2.24) is 10.0 Å². The molecule has 0 aromatic heterocycles. The maximum Gasteiger partial charge on any atom is 0.276 e. The van der Waals surface area contributed by atoms with Crippen LogP contribution >= 0.6 is 0 Å². The average Bonchev–Trinajstić information content (AvgIpc) is 2.96. The number of hydrazine groups is 1. The number of rotatable bonds is 3. The number of carbonyl (C=O) groups excluding carboxylic acids is 2. The van der Waals surface area contributed by atoms with Crippen LogP contribution in [0, 0.1) is 0 Å². The number of ether oxygens (including phenoxy) is 1. The summed E-state index contributed by atoms with van der Waals surface area (Å²) in [5.74, 6) is -0.438. The van der Waals surface area contributed by atoms with Crippen LogP contribution in [0.15, 0.2) is 24.3 Å². The molecular weight excluding hydrogens is 244 g/mol. The topological polar surface area (TPSA) is 49.9 Å². The number of benzene rings is 1. The Morgan fingerprint density at radius 3 is 2.42 bits per heavy atom. The van der Waals surface area contributed by atoms with E-state index in [1.807, 2.05) is 5.01 Å². The zero-order chi connectivity index (χ0) is 13.4. The first-order valence-electron chi connectivity index (χ1n) is 6.47. The van der Waals surface area contributed by atoms with Crippen LogP contribution < -0.4 is 0 Å². The highest BCUT2D eigenvalue weighted by molar-refractivity contribution is 6.20. The highest BCUT2D eigenvalue weighted by Gasteiger charge is 2.42. The molecule has 1 aromatic rings. The van der Waals surface area contributed by atoms with Crippen LogP contribution in [0.2, 0.25) is 0 Å². The van der Waals surface area contributed by atoms with Gasteiger partial charge in [0.1, 0.15) is 0 Å². The molecule has 5 nitrogen and oxygen atoms in total. The van der Waals surface area contributed by atoms with E-state index >= 15 is 0 Å². The van der Waals surface area contributed by atoms with Gasteiger partial charge in [-0.2, -0.15) is 0 Å². The quantitative estimate of drug-likeness (QED) is 0.769. The Balaban J connectivity index is 1.91. The molecule has 19 heavy (non-hydrogen) atoms. The lowest BCUT2D eigenvalue weighted by molar-refractivity contribution is -0.0198. The Labute approximate surface area is 111 Å². The van der Waals surface area contributed by atoms with Gasteiger partial charge in [-0.3, -0.25) is 9.59 Å². The first-order valence-corrected chi connectivity index (χ1v) is 6.47. The van der Waals surface area contributed by atoms with E-state index in [2.05, 4.69) is 0 Å². The Kier molecular flexibility index (Phi) is 3.08. The lowest BCUT2D eigenvalue weighted by atomic mass is 10.1. The molecule has 0 bridgehead atoms. The fourth-order valence-electron chi connectivity index (χ4n) is 2.86. The minimum atomic E-state index is -0.219. The normalized spacial score (nSPS) is 23.2. The van der Waals surface area contributed by atoms with Gasteiger partial charge < -0.3 is 4.74 Å². The number of fused-ring (bicyclic) bond motifs is 1. The van der Waals surface area contributed by atoms with E-state index < -0.39 is 0 Å². The van der Waals surface area contributed by atoms with E-state index in [1.54, 1.807) is 31.4 Å². The van der Waals surface area contributed by atoms with E-state index in [0.717, 1.165) is 19.4 Å². The smallest absolute Gasteiger partial charge is 0.276 e. The van der Waals surface area contributed by atoms with Crippen molar-refractivity contribution in [2.45, 2.75) is 18.9 Å². The Morgan fingerprint density at radius 1 is 1.21 bits per heavy atom. The average molecular weight is 260 g/mol. The maximum atomic E-state index is 12.4. The summed E-state index contributed by atoms with van der Waals surface area (Å²) in [5, 5.41) is 3.15. The van der Waals surface area contributed by atoms with Crippen LogP contribution in [0.3, 0.4) is 0 Å². The van der Waals surface area contributed by atoms with Gasteiger partial charge in [0.15, 0.2) is 0 Å². The monoisotopic (exact) mass is 260 g/mol. The summed E-state index contributed by atoms with van der Waals surface area (Å²) in [5.41, 5.74) is 0.992. The van der Waals surface area contributed by atoms with Crippen LogP contribution in [0.1, 0.15) is 33.6 Å². The summed E-state index contributed by atoms with van der Waals surface area (Å²) in [6.45, 7) is 1.26. The van der Waals surface area contributed by atoms with E-state index in [4.69, 9.17) is 4.74 Å². The molecule has 2 aliphatic heterocycles. The van der Waals surface area contributed by atoms with E-state index in [-0.39, 0.29) is 17.9 Å². The van der Waals surface area contributed by atoms with Crippen LogP contribution in [-0.4, -0.2) is 48.1 Å². The first-order chi connectivity index (χ1) is 9.24. The largest absolute Gasteiger partial charge is 0.383 e. The molecule has 0 spiro atoms.